The molecule has 1 aliphatic rings. The number of hydrogen-bond donors (Lipinski definition) is 0. The molecule has 0 spiro atoms. The number of carbonyl (C=O) groups is 2. The molecular formula is C12H11ClINO2S. The molecule has 1 fully saturated rings. The topological polar surface area (TPSA) is 37.4 Å². The summed E-state index contributed by atoms with van der Waals surface area (Å²) in [6.45, 7) is 2.07. The van der Waals surface area contributed by atoms with E-state index in [9.17, 15) is 9.59 Å². The van der Waals surface area contributed by atoms with Crippen molar-refractivity contribution in [1.29, 1.82) is 0 Å². The highest BCUT2D eigenvalue weighted by Gasteiger charge is 2.32. The van der Waals surface area contributed by atoms with Gasteiger partial charge in [0.1, 0.15) is 0 Å². The van der Waals surface area contributed by atoms with Crippen LogP contribution in [0.1, 0.15) is 13.3 Å². The van der Waals surface area contributed by atoms with Crippen LogP contribution < -0.4 is 4.90 Å². The highest BCUT2D eigenvalue weighted by Crippen LogP contribution is 2.33. The Kier molecular flexibility index (Phi) is 4.55. The lowest BCUT2D eigenvalue weighted by molar-refractivity contribution is -0.117. The highest BCUT2D eigenvalue weighted by atomic mass is 127. The lowest BCUT2D eigenvalue weighted by Gasteiger charge is -2.18. The zero-order valence-corrected chi connectivity index (χ0v) is 13.4. The van der Waals surface area contributed by atoms with E-state index in [4.69, 9.17) is 11.6 Å². The number of thioether (sulfide) groups is 1. The smallest absolute Gasteiger partial charge is 0.228 e. The molecule has 96 valence electrons. The largest absolute Gasteiger partial charge is 0.310 e. The Balaban J connectivity index is 2.19. The van der Waals surface area contributed by atoms with E-state index in [1.807, 2.05) is 18.2 Å². The van der Waals surface area contributed by atoms with Crippen molar-refractivity contribution < 1.29 is 9.59 Å². The van der Waals surface area contributed by atoms with Gasteiger partial charge in [0, 0.05) is 28.7 Å². The van der Waals surface area contributed by atoms with E-state index in [0.717, 1.165) is 9.26 Å². The first-order valence-corrected chi connectivity index (χ1v) is 7.73. The van der Waals surface area contributed by atoms with Crippen LogP contribution >= 0.6 is 46.0 Å². The minimum atomic E-state index is 0.0249. The lowest BCUT2D eigenvalue weighted by Crippen LogP contribution is -2.25. The Hall–Kier alpha value is -0.270. The zero-order chi connectivity index (χ0) is 13.3. The molecule has 1 atom stereocenters. The van der Waals surface area contributed by atoms with Crippen LogP contribution in [0.4, 0.5) is 5.69 Å². The summed E-state index contributed by atoms with van der Waals surface area (Å²) in [6.07, 6.45) is 0.395. The average Bonchev–Trinajstić information content (AvgIpc) is 2.58. The third-order valence-corrected chi connectivity index (χ3v) is 4.58. The van der Waals surface area contributed by atoms with E-state index in [0.29, 0.717) is 18.0 Å². The Morgan fingerprint density at radius 3 is 2.89 bits per heavy atom. The second-order valence-electron chi connectivity index (χ2n) is 4.04. The number of amides is 1. The second-order valence-corrected chi connectivity index (χ2v) is 7.17. The Morgan fingerprint density at radius 2 is 2.28 bits per heavy atom. The fraction of sp³-hybridized carbons (Fsp3) is 0.333. The molecule has 0 radical (unpaired) electrons. The maximum Gasteiger partial charge on any atom is 0.228 e. The number of halogens is 2. The van der Waals surface area contributed by atoms with Crippen LogP contribution in [0.15, 0.2) is 18.2 Å². The minimum absolute atomic E-state index is 0.0249. The van der Waals surface area contributed by atoms with Crippen LogP contribution in [-0.2, 0) is 9.59 Å². The number of benzene rings is 1. The summed E-state index contributed by atoms with van der Waals surface area (Å²) >= 11 is 9.56. The van der Waals surface area contributed by atoms with Gasteiger partial charge in [0.25, 0.3) is 0 Å². The summed E-state index contributed by atoms with van der Waals surface area (Å²) in [7, 11) is 0. The molecule has 1 aromatic carbocycles. The molecule has 1 heterocycles. The fourth-order valence-corrected chi connectivity index (χ4v) is 3.80. The molecule has 1 aliphatic heterocycles. The number of anilines is 1. The van der Waals surface area contributed by atoms with Crippen molar-refractivity contribution in [3.8, 4) is 0 Å². The standard InChI is InChI=1S/C12H11ClINO2S/c1-7(16)18-9-5-12(17)15(6-9)11-3-2-8(14)4-10(11)13/h2-4,9H,5-6H2,1H3. The normalized spacial score (nSPS) is 19.4. The number of rotatable bonds is 2. The Labute approximate surface area is 128 Å². The molecular weight excluding hydrogens is 385 g/mol. The van der Waals surface area contributed by atoms with E-state index < -0.39 is 0 Å². The van der Waals surface area contributed by atoms with Crippen LogP contribution in [0.25, 0.3) is 0 Å². The SMILES string of the molecule is CC(=O)SC1CC(=O)N(c2ccc(I)cc2Cl)C1. The Bertz CT molecular complexity index is 509. The molecule has 3 nitrogen and oxygen atoms in total. The van der Waals surface area contributed by atoms with Gasteiger partial charge in [0.05, 0.1) is 10.7 Å². The van der Waals surface area contributed by atoms with Gasteiger partial charge in [-0.2, -0.15) is 0 Å². The number of nitrogens with zero attached hydrogens (tertiary/aromatic N) is 1. The van der Waals surface area contributed by atoms with E-state index in [2.05, 4.69) is 22.6 Å². The Morgan fingerprint density at radius 1 is 1.56 bits per heavy atom. The van der Waals surface area contributed by atoms with Gasteiger partial charge in [-0.05, 0) is 40.8 Å². The molecule has 18 heavy (non-hydrogen) atoms. The molecule has 1 saturated heterocycles. The third-order valence-electron chi connectivity index (χ3n) is 2.62. The molecule has 2 rings (SSSR count). The molecule has 0 bridgehead atoms. The summed E-state index contributed by atoms with van der Waals surface area (Å²) in [5, 5.41) is 0.650. The summed E-state index contributed by atoms with van der Waals surface area (Å²) < 4.78 is 1.03. The van der Waals surface area contributed by atoms with Crippen LogP contribution in [-0.4, -0.2) is 22.8 Å². The average molecular weight is 396 g/mol. The molecule has 6 heteroatoms. The predicted octanol–water partition coefficient (Wildman–Crippen LogP) is 3.33. The fourth-order valence-electron chi connectivity index (χ4n) is 1.92. The molecule has 0 N–H and O–H groups in total. The molecule has 0 saturated carbocycles. The van der Waals surface area contributed by atoms with Crippen molar-refractivity contribution in [3.05, 3.63) is 26.8 Å². The van der Waals surface area contributed by atoms with Gasteiger partial charge in [-0.1, -0.05) is 23.4 Å². The van der Waals surface area contributed by atoms with E-state index in [1.54, 1.807) is 4.90 Å². The monoisotopic (exact) mass is 395 g/mol. The van der Waals surface area contributed by atoms with Gasteiger partial charge in [-0.15, -0.1) is 0 Å². The van der Waals surface area contributed by atoms with Crippen molar-refractivity contribution in [2.45, 2.75) is 18.6 Å². The first-order chi connectivity index (χ1) is 8.47. The summed E-state index contributed by atoms with van der Waals surface area (Å²) in [4.78, 5) is 24.7. The number of hydrogen-bond acceptors (Lipinski definition) is 3. The van der Waals surface area contributed by atoms with Crippen molar-refractivity contribution in [3.63, 3.8) is 0 Å². The molecule has 1 aromatic rings. The van der Waals surface area contributed by atoms with Crippen molar-refractivity contribution in [2.24, 2.45) is 0 Å². The summed E-state index contributed by atoms with van der Waals surface area (Å²) in [6, 6.07) is 5.60. The maximum absolute atomic E-state index is 11.9. The summed E-state index contributed by atoms with van der Waals surface area (Å²) in [5.41, 5.74) is 0.730. The molecule has 0 aromatic heterocycles. The van der Waals surface area contributed by atoms with Gasteiger partial charge >= 0.3 is 0 Å². The van der Waals surface area contributed by atoms with E-state index in [1.165, 1.54) is 18.7 Å². The van der Waals surface area contributed by atoms with Crippen LogP contribution in [0.5, 0.6) is 0 Å². The second kappa shape index (κ2) is 5.79. The summed E-state index contributed by atoms with van der Waals surface area (Å²) in [5.74, 6) is 0.0249. The zero-order valence-electron chi connectivity index (χ0n) is 9.65. The van der Waals surface area contributed by atoms with Gasteiger partial charge in [0.15, 0.2) is 5.12 Å². The van der Waals surface area contributed by atoms with Crippen molar-refractivity contribution >= 4 is 62.7 Å². The van der Waals surface area contributed by atoms with E-state index >= 15 is 0 Å². The lowest BCUT2D eigenvalue weighted by atomic mass is 10.3. The van der Waals surface area contributed by atoms with Gasteiger partial charge in [-0.25, -0.2) is 0 Å². The van der Waals surface area contributed by atoms with Gasteiger partial charge in [-0.3, -0.25) is 9.59 Å². The first-order valence-electron chi connectivity index (χ1n) is 5.40. The number of carbonyl (C=O) groups excluding carboxylic acids is 2. The highest BCUT2D eigenvalue weighted by molar-refractivity contribution is 14.1. The van der Waals surface area contributed by atoms with Crippen LogP contribution in [0.3, 0.4) is 0 Å². The maximum atomic E-state index is 11.9. The van der Waals surface area contributed by atoms with Gasteiger partial charge < -0.3 is 4.90 Å². The van der Waals surface area contributed by atoms with Crippen LogP contribution in [0.2, 0.25) is 5.02 Å². The quantitative estimate of drug-likeness (QED) is 0.721. The van der Waals surface area contributed by atoms with Crippen LogP contribution in [0, 0.1) is 3.57 Å². The van der Waals surface area contributed by atoms with Crippen molar-refractivity contribution in [2.75, 3.05) is 11.4 Å². The van der Waals surface area contributed by atoms with Gasteiger partial charge in [0.2, 0.25) is 5.91 Å². The molecule has 1 amide bonds. The molecule has 0 aliphatic carbocycles. The third kappa shape index (κ3) is 3.19. The minimum Gasteiger partial charge on any atom is -0.310 e. The van der Waals surface area contributed by atoms with E-state index in [-0.39, 0.29) is 16.3 Å². The predicted molar refractivity (Wildman–Crippen MR) is 83.2 cm³/mol. The molecule has 1 unspecified atom stereocenters. The first kappa shape index (κ1) is 14.1. The van der Waals surface area contributed by atoms with Crippen molar-refractivity contribution in [1.82, 2.24) is 0 Å².